The van der Waals surface area contributed by atoms with Crippen LogP contribution in [0.3, 0.4) is 0 Å². The minimum Gasteiger partial charge on any atom is -0.491 e. The summed E-state index contributed by atoms with van der Waals surface area (Å²) < 4.78 is 77.4. The molecule has 16 nitrogen and oxygen atoms in total. The molecule has 0 heterocycles. The first kappa shape index (κ1) is 58.8. The van der Waals surface area contributed by atoms with Crippen molar-refractivity contribution in [3.05, 3.63) is 29.8 Å². The van der Waals surface area contributed by atoms with Gasteiger partial charge in [-0.15, -0.1) is 0 Å². The second-order valence-corrected chi connectivity index (χ2v) is 15.6. The molecule has 0 atom stereocenters. The standard InChI is InChI=1S/C47H87NO15/c1-6-7-8-9-10-11-12-13-44-14-16-45(17-15-44)62-43-42-61-41-40-60-39-38-59-37-36-58-35-34-57-33-32-56-31-30-55-29-28-54-27-26-53-25-24-52-23-22-51-21-20-50-19-18-48(5)46(49)63-47(2,3)4/h14-17H,6-13,18-43H2,1-5H3. The fraction of sp³-hybridized carbons (Fsp3) is 0.851. The number of unbranched alkanes of at least 4 members (excludes halogenated alkanes) is 6. The van der Waals surface area contributed by atoms with Crippen LogP contribution in [-0.4, -0.2) is 195 Å². The predicted octanol–water partition coefficient (Wildman–Crippen LogP) is 6.42. The molecule has 1 aromatic rings. The van der Waals surface area contributed by atoms with Gasteiger partial charge in [-0.2, -0.15) is 0 Å². The van der Waals surface area contributed by atoms with Crippen molar-refractivity contribution in [1.29, 1.82) is 0 Å². The summed E-state index contributed by atoms with van der Waals surface area (Å²) in [6.45, 7) is 20.5. The third-order valence-electron chi connectivity index (χ3n) is 8.86. The molecule has 0 N–H and O–H groups in total. The van der Waals surface area contributed by atoms with Crippen molar-refractivity contribution in [2.45, 2.75) is 84.7 Å². The van der Waals surface area contributed by atoms with E-state index in [9.17, 15) is 4.79 Å². The maximum atomic E-state index is 11.9. The Morgan fingerprint density at radius 1 is 0.429 bits per heavy atom. The van der Waals surface area contributed by atoms with Gasteiger partial charge in [0.2, 0.25) is 0 Å². The molecule has 0 aliphatic carbocycles. The zero-order valence-electron chi connectivity index (χ0n) is 39.9. The van der Waals surface area contributed by atoms with Gasteiger partial charge in [-0.1, -0.05) is 57.6 Å². The highest BCUT2D eigenvalue weighted by atomic mass is 16.6. The van der Waals surface area contributed by atoms with E-state index in [0.717, 1.165) is 12.2 Å². The van der Waals surface area contributed by atoms with Gasteiger partial charge in [0.05, 0.1) is 159 Å². The zero-order valence-corrected chi connectivity index (χ0v) is 39.9. The monoisotopic (exact) mass is 906 g/mol. The van der Waals surface area contributed by atoms with Crippen LogP contribution >= 0.6 is 0 Å². The van der Waals surface area contributed by atoms with Crippen LogP contribution in [0.1, 0.15) is 78.2 Å². The van der Waals surface area contributed by atoms with Crippen molar-refractivity contribution in [2.24, 2.45) is 0 Å². The topological polar surface area (TPSA) is 150 Å². The minimum atomic E-state index is -0.513. The largest absolute Gasteiger partial charge is 0.491 e. The van der Waals surface area contributed by atoms with Gasteiger partial charge < -0.3 is 71.2 Å². The molecule has 1 amide bonds. The molecule has 0 aliphatic heterocycles. The zero-order chi connectivity index (χ0) is 45.6. The van der Waals surface area contributed by atoms with Gasteiger partial charge in [-0.25, -0.2) is 4.79 Å². The molecular formula is C47H87NO15. The molecule has 0 aromatic heterocycles. The van der Waals surface area contributed by atoms with Crippen molar-refractivity contribution in [3.8, 4) is 5.75 Å². The van der Waals surface area contributed by atoms with E-state index in [1.165, 1.54) is 55.4 Å². The summed E-state index contributed by atoms with van der Waals surface area (Å²) >= 11 is 0. The van der Waals surface area contributed by atoms with Crippen LogP contribution in [0.4, 0.5) is 4.79 Å². The Kier molecular flexibility index (Phi) is 42.0. The predicted molar refractivity (Wildman–Crippen MR) is 242 cm³/mol. The number of ether oxygens (including phenoxy) is 14. The highest BCUT2D eigenvalue weighted by Gasteiger charge is 2.19. The van der Waals surface area contributed by atoms with Crippen LogP contribution in [0.2, 0.25) is 0 Å². The summed E-state index contributed by atoms with van der Waals surface area (Å²) in [4.78, 5) is 13.4. The maximum absolute atomic E-state index is 11.9. The highest BCUT2D eigenvalue weighted by molar-refractivity contribution is 5.67. The molecule has 1 aromatic carbocycles. The second kappa shape index (κ2) is 45.0. The van der Waals surface area contributed by atoms with Crippen molar-refractivity contribution in [3.63, 3.8) is 0 Å². The molecule has 370 valence electrons. The van der Waals surface area contributed by atoms with E-state index in [4.69, 9.17) is 66.3 Å². The number of likely N-dealkylation sites (N-methyl/N-ethyl adjacent to an activating group) is 1. The number of hydrogen-bond acceptors (Lipinski definition) is 15. The Bertz CT molecular complexity index is 1100. The maximum Gasteiger partial charge on any atom is 0.410 e. The van der Waals surface area contributed by atoms with Crippen LogP contribution in [-0.2, 0) is 68.0 Å². The Hall–Kier alpha value is -2.19. The van der Waals surface area contributed by atoms with Crippen LogP contribution in [0, 0.1) is 0 Å². The molecule has 0 radical (unpaired) electrons. The first-order valence-electron chi connectivity index (χ1n) is 23.4. The second-order valence-electron chi connectivity index (χ2n) is 15.6. The highest BCUT2D eigenvalue weighted by Crippen LogP contribution is 2.15. The number of aryl methyl sites for hydroxylation is 1. The summed E-state index contributed by atoms with van der Waals surface area (Å²) in [5.41, 5.74) is 0.863. The molecule has 0 saturated carbocycles. The average Bonchev–Trinajstić information content (AvgIpc) is 3.26. The number of carbonyl (C=O) groups is 1. The van der Waals surface area contributed by atoms with E-state index in [0.29, 0.717) is 172 Å². The van der Waals surface area contributed by atoms with E-state index >= 15 is 0 Å². The van der Waals surface area contributed by atoms with E-state index < -0.39 is 5.60 Å². The SMILES string of the molecule is CCCCCCCCCc1ccc(OCCOCCOCCOCCOCCOCCOCCOCCOCCOCCOCCOCCOCCN(C)C(=O)OC(C)(C)C)cc1. The van der Waals surface area contributed by atoms with Crippen molar-refractivity contribution in [1.82, 2.24) is 4.90 Å². The number of rotatable bonds is 48. The van der Waals surface area contributed by atoms with Crippen molar-refractivity contribution in [2.75, 3.05) is 179 Å². The fourth-order valence-electron chi connectivity index (χ4n) is 5.41. The molecule has 0 unspecified atom stereocenters. The lowest BCUT2D eigenvalue weighted by Gasteiger charge is -2.24. The first-order valence-corrected chi connectivity index (χ1v) is 23.4. The van der Waals surface area contributed by atoms with Gasteiger partial charge in [-0.3, -0.25) is 0 Å². The van der Waals surface area contributed by atoms with E-state index in [1.54, 1.807) is 7.05 Å². The summed E-state index contributed by atoms with van der Waals surface area (Å²) in [5, 5.41) is 0. The van der Waals surface area contributed by atoms with Gasteiger partial charge in [0, 0.05) is 13.6 Å². The van der Waals surface area contributed by atoms with Crippen LogP contribution in [0.15, 0.2) is 24.3 Å². The van der Waals surface area contributed by atoms with E-state index in [-0.39, 0.29) is 6.09 Å². The first-order chi connectivity index (χ1) is 30.8. The molecule has 16 heteroatoms. The average molecular weight is 906 g/mol. The molecule has 0 spiro atoms. The van der Waals surface area contributed by atoms with Crippen molar-refractivity contribution < 1.29 is 71.1 Å². The van der Waals surface area contributed by atoms with Gasteiger partial charge >= 0.3 is 6.09 Å². The number of carbonyl (C=O) groups excluding carboxylic acids is 1. The van der Waals surface area contributed by atoms with Crippen LogP contribution in [0.5, 0.6) is 5.75 Å². The summed E-state index contributed by atoms with van der Waals surface area (Å²) in [6, 6.07) is 8.45. The van der Waals surface area contributed by atoms with Crippen LogP contribution < -0.4 is 4.74 Å². The smallest absolute Gasteiger partial charge is 0.410 e. The Morgan fingerprint density at radius 3 is 1.06 bits per heavy atom. The Balaban J connectivity index is 1.68. The van der Waals surface area contributed by atoms with Gasteiger partial charge in [0.25, 0.3) is 0 Å². The summed E-state index contributed by atoms with van der Waals surface area (Å²) in [5.74, 6) is 0.882. The van der Waals surface area contributed by atoms with Gasteiger partial charge in [0.1, 0.15) is 18.0 Å². The lowest BCUT2D eigenvalue weighted by atomic mass is 10.0. The van der Waals surface area contributed by atoms with Gasteiger partial charge in [0.15, 0.2) is 0 Å². The van der Waals surface area contributed by atoms with E-state index in [1.807, 2.05) is 20.8 Å². The lowest BCUT2D eigenvalue weighted by molar-refractivity contribution is -0.0287. The number of nitrogens with zero attached hydrogens (tertiary/aromatic N) is 1. The molecule has 0 saturated heterocycles. The van der Waals surface area contributed by atoms with E-state index in [2.05, 4.69) is 31.2 Å². The third-order valence-corrected chi connectivity index (χ3v) is 8.86. The molecule has 0 bridgehead atoms. The molecular weight excluding hydrogens is 819 g/mol. The fourth-order valence-corrected chi connectivity index (χ4v) is 5.41. The molecule has 63 heavy (non-hydrogen) atoms. The van der Waals surface area contributed by atoms with Crippen LogP contribution in [0.25, 0.3) is 0 Å². The summed E-state index contributed by atoms with van der Waals surface area (Å²) in [6.07, 6.45) is 10.1. The normalized spacial score (nSPS) is 11.7. The minimum absolute atomic E-state index is 0.365. The Morgan fingerprint density at radius 2 is 0.730 bits per heavy atom. The molecule has 0 fully saturated rings. The van der Waals surface area contributed by atoms with Crippen molar-refractivity contribution >= 4 is 6.09 Å². The molecule has 0 aliphatic rings. The third kappa shape index (κ3) is 43.5. The lowest BCUT2D eigenvalue weighted by Crippen LogP contribution is -2.36. The quantitative estimate of drug-likeness (QED) is 0.0662. The Labute approximate surface area is 380 Å². The number of hydrogen-bond donors (Lipinski definition) is 0. The molecule has 1 rings (SSSR count). The number of benzene rings is 1. The summed E-state index contributed by atoms with van der Waals surface area (Å²) in [7, 11) is 1.68. The van der Waals surface area contributed by atoms with Gasteiger partial charge in [-0.05, 0) is 51.3 Å². The number of amides is 1.